The van der Waals surface area contributed by atoms with Gasteiger partial charge in [0.25, 0.3) is 0 Å². The van der Waals surface area contributed by atoms with Crippen molar-refractivity contribution in [2.75, 3.05) is 6.54 Å². The number of fused-ring (bicyclic) bond motifs is 3. The zero-order valence-electron chi connectivity index (χ0n) is 13.8. The van der Waals surface area contributed by atoms with Crippen LogP contribution in [0.4, 0.5) is 0 Å². The maximum Gasteiger partial charge on any atom is 0.240 e. The third kappa shape index (κ3) is 3.26. The Hall–Kier alpha value is -2.34. The molecule has 0 saturated carbocycles. The fraction of sp³-hybridized carbons (Fsp3) is 0.389. The molecule has 130 valence electrons. The van der Waals surface area contributed by atoms with Gasteiger partial charge in [-0.05, 0) is 31.0 Å². The van der Waals surface area contributed by atoms with Crippen LogP contribution in [0.3, 0.4) is 0 Å². The Morgan fingerprint density at radius 1 is 1.28 bits per heavy atom. The number of nitrogens with zero attached hydrogens (tertiary/aromatic N) is 2. The quantitative estimate of drug-likeness (QED) is 0.885. The summed E-state index contributed by atoms with van der Waals surface area (Å²) in [6.07, 6.45) is 2.94. The highest BCUT2D eigenvalue weighted by molar-refractivity contribution is 6.31. The monoisotopic (exact) mass is 358 g/mol. The average molecular weight is 359 g/mol. The SMILES string of the molecule is O=C1CCC(CCC(=O)N2CCc3[nH]c4ccc(Cl)cc4c3C2)=NN1. The van der Waals surface area contributed by atoms with Crippen molar-refractivity contribution in [2.24, 2.45) is 5.10 Å². The topological polar surface area (TPSA) is 77.6 Å². The van der Waals surface area contributed by atoms with Crippen molar-refractivity contribution in [3.05, 3.63) is 34.5 Å². The minimum absolute atomic E-state index is 0.0587. The Kier molecular flexibility index (Phi) is 4.21. The Bertz CT molecular complexity index is 887. The van der Waals surface area contributed by atoms with Crippen LogP contribution >= 0.6 is 11.6 Å². The third-order valence-corrected chi connectivity index (χ3v) is 5.13. The van der Waals surface area contributed by atoms with Gasteiger partial charge in [-0.3, -0.25) is 9.59 Å². The van der Waals surface area contributed by atoms with Gasteiger partial charge >= 0.3 is 0 Å². The molecular formula is C18H19ClN4O2. The minimum Gasteiger partial charge on any atom is -0.358 e. The molecule has 2 aliphatic rings. The number of carbonyl (C=O) groups excluding carboxylic acids is 2. The van der Waals surface area contributed by atoms with E-state index in [4.69, 9.17) is 11.6 Å². The molecule has 0 saturated heterocycles. The summed E-state index contributed by atoms with van der Waals surface area (Å²) < 4.78 is 0. The first-order valence-corrected chi connectivity index (χ1v) is 8.89. The van der Waals surface area contributed by atoms with Crippen LogP contribution in [0.1, 0.15) is 36.9 Å². The summed E-state index contributed by atoms with van der Waals surface area (Å²) in [5, 5.41) is 5.83. The van der Waals surface area contributed by atoms with Crippen LogP contribution in [0, 0.1) is 0 Å². The van der Waals surface area contributed by atoms with Crippen LogP contribution in [0.25, 0.3) is 10.9 Å². The van der Waals surface area contributed by atoms with Gasteiger partial charge in [0, 0.05) is 65.2 Å². The van der Waals surface area contributed by atoms with Gasteiger partial charge in [0.05, 0.1) is 0 Å². The number of halogens is 1. The van der Waals surface area contributed by atoms with E-state index < -0.39 is 0 Å². The van der Waals surface area contributed by atoms with Crippen molar-refractivity contribution in [3.63, 3.8) is 0 Å². The Labute approximate surface area is 150 Å². The van der Waals surface area contributed by atoms with Gasteiger partial charge in [0.15, 0.2) is 0 Å². The lowest BCUT2D eigenvalue weighted by Gasteiger charge is -2.27. The van der Waals surface area contributed by atoms with E-state index in [1.54, 1.807) is 0 Å². The summed E-state index contributed by atoms with van der Waals surface area (Å²) in [4.78, 5) is 29.0. The minimum atomic E-state index is -0.0587. The maximum absolute atomic E-state index is 12.6. The highest BCUT2D eigenvalue weighted by Crippen LogP contribution is 2.30. The Balaban J connectivity index is 1.44. The van der Waals surface area contributed by atoms with Crippen molar-refractivity contribution in [3.8, 4) is 0 Å². The number of aromatic nitrogens is 1. The van der Waals surface area contributed by atoms with E-state index >= 15 is 0 Å². The first-order chi connectivity index (χ1) is 12.1. The fourth-order valence-corrected chi connectivity index (χ4v) is 3.67. The lowest BCUT2D eigenvalue weighted by Crippen LogP contribution is -2.36. The van der Waals surface area contributed by atoms with Gasteiger partial charge in [-0.2, -0.15) is 5.10 Å². The summed E-state index contributed by atoms with van der Waals surface area (Å²) >= 11 is 6.13. The number of hydrogen-bond acceptors (Lipinski definition) is 3. The molecule has 2 aliphatic heterocycles. The second-order valence-corrected chi connectivity index (χ2v) is 6.99. The van der Waals surface area contributed by atoms with Gasteiger partial charge in [-0.1, -0.05) is 11.6 Å². The molecule has 0 atom stereocenters. The molecule has 2 amide bonds. The van der Waals surface area contributed by atoms with Crippen LogP contribution in [-0.4, -0.2) is 34.0 Å². The Morgan fingerprint density at radius 3 is 2.96 bits per heavy atom. The molecule has 4 rings (SSSR count). The average Bonchev–Trinajstić information content (AvgIpc) is 2.98. The number of carbonyl (C=O) groups is 2. The van der Waals surface area contributed by atoms with E-state index in [-0.39, 0.29) is 11.8 Å². The van der Waals surface area contributed by atoms with Gasteiger partial charge in [-0.15, -0.1) is 0 Å². The lowest BCUT2D eigenvalue weighted by molar-refractivity contribution is -0.131. The van der Waals surface area contributed by atoms with E-state index in [1.165, 1.54) is 11.3 Å². The smallest absolute Gasteiger partial charge is 0.240 e. The third-order valence-electron chi connectivity index (χ3n) is 4.90. The zero-order valence-corrected chi connectivity index (χ0v) is 14.5. The molecule has 25 heavy (non-hydrogen) atoms. The van der Waals surface area contributed by atoms with Gasteiger partial charge in [-0.25, -0.2) is 5.43 Å². The molecule has 0 unspecified atom stereocenters. The van der Waals surface area contributed by atoms with Crippen molar-refractivity contribution in [1.29, 1.82) is 0 Å². The molecule has 0 spiro atoms. The van der Waals surface area contributed by atoms with Crippen LogP contribution < -0.4 is 5.43 Å². The molecule has 6 nitrogen and oxygen atoms in total. The molecule has 0 fully saturated rings. The molecule has 0 radical (unpaired) electrons. The first kappa shape index (κ1) is 16.1. The number of aromatic amines is 1. The standard InChI is InChI=1S/C18H19ClN4O2/c19-11-1-4-15-13(9-11)14-10-23(8-7-16(14)20-15)18(25)6-3-12-2-5-17(24)22-21-12/h1,4,9,20H,2-3,5-8,10H2,(H,22,24). The molecular weight excluding hydrogens is 340 g/mol. The number of benzene rings is 1. The highest BCUT2D eigenvalue weighted by Gasteiger charge is 2.24. The zero-order chi connectivity index (χ0) is 17.4. The molecule has 0 bridgehead atoms. The fourth-order valence-electron chi connectivity index (χ4n) is 3.50. The molecule has 0 aliphatic carbocycles. The predicted molar refractivity (Wildman–Crippen MR) is 96.5 cm³/mol. The molecule has 7 heteroatoms. The van der Waals surface area contributed by atoms with Crippen molar-refractivity contribution in [1.82, 2.24) is 15.3 Å². The predicted octanol–water partition coefficient (Wildman–Crippen LogP) is 2.75. The van der Waals surface area contributed by atoms with Crippen molar-refractivity contribution < 1.29 is 9.59 Å². The number of rotatable bonds is 3. The number of amides is 2. The maximum atomic E-state index is 12.6. The van der Waals surface area contributed by atoms with E-state index in [2.05, 4.69) is 15.5 Å². The summed E-state index contributed by atoms with van der Waals surface area (Å²) in [6.45, 7) is 1.33. The highest BCUT2D eigenvalue weighted by atomic mass is 35.5. The molecule has 2 N–H and O–H groups in total. The van der Waals surface area contributed by atoms with E-state index in [1.807, 2.05) is 23.1 Å². The van der Waals surface area contributed by atoms with E-state index in [9.17, 15) is 9.59 Å². The van der Waals surface area contributed by atoms with Crippen molar-refractivity contribution >= 4 is 40.0 Å². The molecule has 2 aromatic rings. The van der Waals surface area contributed by atoms with Gasteiger partial charge in [0.1, 0.15) is 0 Å². The van der Waals surface area contributed by atoms with Gasteiger partial charge < -0.3 is 9.88 Å². The molecule has 1 aromatic heterocycles. The second kappa shape index (κ2) is 6.52. The number of hydrazone groups is 1. The first-order valence-electron chi connectivity index (χ1n) is 8.51. The second-order valence-electron chi connectivity index (χ2n) is 6.55. The largest absolute Gasteiger partial charge is 0.358 e. The normalized spacial score (nSPS) is 17.2. The van der Waals surface area contributed by atoms with Crippen molar-refractivity contribution in [2.45, 2.75) is 38.6 Å². The number of nitrogens with one attached hydrogen (secondary N) is 2. The van der Waals surface area contributed by atoms with Crippen LogP contribution in [0.5, 0.6) is 0 Å². The van der Waals surface area contributed by atoms with Gasteiger partial charge in [0.2, 0.25) is 11.8 Å². The van der Waals surface area contributed by atoms with Crippen LogP contribution in [0.15, 0.2) is 23.3 Å². The summed E-state index contributed by atoms with van der Waals surface area (Å²) in [7, 11) is 0. The van der Waals surface area contributed by atoms with E-state index in [0.717, 1.165) is 29.6 Å². The van der Waals surface area contributed by atoms with Crippen LogP contribution in [-0.2, 0) is 22.6 Å². The van der Waals surface area contributed by atoms with E-state index in [0.29, 0.717) is 37.3 Å². The lowest BCUT2D eigenvalue weighted by atomic mass is 10.0. The summed E-state index contributed by atoms with van der Waals surface area (Å²) in [6, 6.07) is 5.82. The number of H-pyrrole nitrogens is 1. The Morgan fingerprint density at radius 2 is 2.16 bits per heavy atom. The van der Waals surface area contributed by atoms with Crippen LogP contribution in [0.2, 0.25) is 5.02 Å². The molecule has 3 heterocycles. The summed E-state index contributed by atoms with van der Waals surface area (Å²) in [5.41, 5.74) is 6.80. The molecule has 1 aromatic carbocycles. The number of hydrogen-bond donors (Lipinski definition) is 2. The summed E-state index contributed by atoms with van der Waals surface area (Å²) in [5.74, 6) is 0.0678.